The summed E-state index contributed by atoms with van der Waals surface area (Å²) in [6.07, 6.45) is 6.06. The highest BCUT2D eigenvalue weighted by Crippen LogP contribution is 2.26. The van der Waals surface area contributed by atoms with Crippen LogP contribution in [-0.2, 0) is 16.6 Å². The molecule has 0 atom stereocenters. The molecule has 1 aliphatic heterocycles. The van der Waals surface area contributed by atoms with E-state index in [1.165, 1.54) is 15.6 Å². The Balaban J connectivity index is 1.31. The van der Waals surface area contributed by atoms with Gasteiger partial charge in [-0.1, -0.05) is 23.5 Å². The van der Waals surface area contributed by atoms with Crippen LogP contribution in [0.15, 0.2) is 55.0 Å². The Morgan fingerprint density at radius 1 is 1.21 bits per heavy atom. The van der Waals surface area contributed by atoms with Gasteiger partial charge in [0.1, 0.15) is 0 Å². The Morgan fingerprint density at radius 3 is 2.90 bits per heavy atom. The zero-order valence-corrected chi connectivity index (χ0v) is 17.0. The van der Waals surface area contributed by atoms with E-state index < -0.39 is 10.0 Å². The summed E-state index contributed by atoms with van der Waals surface area (Å²) in [6, 6.07) is 11.4. The van der Waals surface area contributed by atoms with E-state index in [0.717, 1.165) is 32.6 Å². The quantitative estimate of drug-likeness (QED) is 0.527. The topological polar surface area (TPSA) is 92.5 Å². The number of aromatic nitrogens is 4. The molecular formula is C19H18N6O2S2. The molecule has 3 aromatic heterocycles. The average molecular weight is 427 g/mol. The minimum absolute atomic E-state index is 0.218. The first kappa shape index (κ1) is 18.1. The SMILES string of the molecule is O=S1(=O)CCCN1c1cccc(CNc2nn3cc(-c4cccnc4)nc3s2)c1. The summed E-state index contributed by atoms with van der Waals surface area (Å²) in [7, 11) is -3.17. The second-order valence-corrected chi connectivity index (χ2v) is 9.74. The molecule has 148 valence electrons. The molecule has 29 heavy (non-hydrogen) atoms. The summed E-state index contributed by atoms with van der Waals surface area (Å²) in [4.78, 5) is 9.52. The standard InChI is InChI=1S/C19H18N6O2S2/c26-29(27)9-3-8-25(29)16-6-1-4-14(10-16)11-21-18-23-24-13-17(22-19(24)28-18)15-5-2-7-20-12-15/h1-2,4-7,10,12-13H,3,8-9,11H2,(H,21,23). The monoisotopic (exact) mass is 426 g/mol. The molecule has 0 aliphatic carbocycles. The number of hydrogen-bond donors (Lipinski definition) is 1. The molecule has 0 bridgehead atoms. The van der Waals surface area contributed by atoms with Crippen LogP contribution in [-0.4, -0.2) is 40.3 Å². The minimum Gasteiger partial charge on any atom is -0.356 e. The average Bonchev–Trinajstić information content (AvgIpc) is 3.39. The number of nitrogens with zero attached hydrogens (tertiary/aromatic N) is 5. The number of imidazole rings is 1. The summed E-state index contributed by atoms with van der Waals surface area (Å²) < 4.78 is 27.5. The van der Waals surface area contributed by atoms with Crippen molar-refractivity contribution in [3.05, 3.63) is 60.6 Å². The normalized spacial score (nSPS) is 15.8. The fourth-order valence-corrected chi connectivity index (χ4v) is 5.69. The Hall–Kier alpha value is -2.98. The third-order valence-electron chi connectivity index (χ3n) is 4.74. The lowest BCUT2D eigenvalue weighted by molar-refractivity contribution is 0.599. The van der Waals surface area contributed by atoms with Gasteiger partial charge in [0, 0.05) is 31.0 Å². The fourth-order valence-electron chi connectivity index (χ4n) is 3.35. The van der Waals surface area contributed by atoms with Crippen LogP contribution in [0.3, 0.4) is 0 Å². The van der Waals surface area contributed by atoms with E-state index in [9.17, 15) is 8.42 Å². The number of nitrogens with one attached hydrogen (secondary N) is 1. The van der Waals surface area contributed by atoms with Crippen molar-refractivity contribution in [1.29, 1.82) is 0 Å². The number of rotatable bonds is 5. The van der Waals surface area contributed by atoms with Crippen molar-refractivity contribution in [2.45, 2.75) is 13.0 Å². The maximum atomic E-state index is 12.1. The summed E-state index contributed by atoms with van der Waals surface area (Å²) in [5, 5.41) is 8.59. The summed E-state index contributed by atoms with van der Waals surface area (Å²) in [5.74, 6) is 0.218. The second kappa shape index (κ2) is 7.12. The van der Waals surface area contributed by atoms with Crippen molar-refractivity contribution in [3.8, 4) is 11.3 Å². The van der Waals surface area contributed by atoms with E-state index in [-0.39, 0.29) is 5.75 Å². The predicted octanol–water partition coefficient (Wildman–Crippen LogP) is 3.00. The van der Waals surface area contributed by atoms with Gasteiger partial charge in [-0.15, -0.1) is 5.10 Å². The molecule has 10 heteroatoms. The Labute approximate surface area is 171 Å². The maximum Gasteiger partial charge on any atom is 0.235 e. The maximum absolute atomic E-state index is 12.1. The number of sulfonamides is 1. The van der Waals surface area contributed by atoms with Gasteiger partial charge in [0.15, 0.2) is 0 Å². The van der Waals surface area contributed by atoms with Gasteiger partial charge in [0.25, 0.3) is 0 Å². The van der Waals surface area contributed by atoms with Crippen molar-refractivity contribution in [2.75, 3.05) is 21.9 Å². The van der Waals surface area contributed by atoms with Gasteiger partial charge in [-0.05, 0) is 36.2 Å². The lowest BCUT2D eigenvalue weighted by Crippen LogP contribution is -2.25. The van der Waals surface area contributed by atoms with Gasteiger partial charge in [-0.2, -0.15) is 0 Å². The van der Waals surface area contributed by atoms with E-state index in [4.69, 9.17) is 0 Å². The number of pyridine rings is 1. The lowest BCUT2D eigenvalue weighted by atomic mass is 10.2. The van der Waals surface area contributed by atoms with Crippen LogP contribution in [0, 0.1) is 0 Å². The van der Waals surface area contributed by atoms with Crippen LogP contribution in [0.2, 0.25) is 0 Å². The largest absolute Gasteiger partial charge is 0.356 e. The highest BCUT2D eigenvalue weighted by molar-refractivity contribution is 7.93. The third-order valence-corrected chi connectivity index (χ3v) is 7.49. The molecule has 1 fully saturated rings. The van der Waals surface area contributed by atoms with Crippen LogP contribution in [0.1, 0.15) is 12.0 Å². The second-order valence-electron chi connectivity index (χ2n) is 6.77. The Morgan fingerprint density at radius 2 is 2.14 bits per heavy atom. The van der Waals surface area contributed by atoms with E-state index in [1.54, 1.807) is 16.9 Å². The van der Waals surface area contributed by atoms with Crippen molar-refractivity contribution in [3.63, 3.8) is 0 Å². The van der Waals surface area contributed by atoms with Crippen molar-refractivity contribution in [1.82, 2.24) is 19.6 Å². The third kappa shape index (κ3) is 3.56. The molecular weight excluding hydrogens is 408 g/mol. The van der Waals surface area contributed by atoms with E-state index in [1.807, 2.05) is 42.6 Å². The number of hydrogen-bond acceptors (Lipinski definition) is 7. The van der Waals surface area contributed by atoms with E-state index in [0.29, 0.717) is 19.5 Å². The molecule has 1 N–H and O–H groups in total. The molecule has 1 saturated heterocycles. The number of benzene rings is 1. The van der Waals surface area contributed by atoms with Crippen molar-refractivity contribution < 1.29 is 8.42 Å². The van der Waals surface area contributed by atoms with Gasteiger partial charge in [0.05, 0.1) is 23.3 Å². The molecule has 1 aromatic carbocycles. The summed E-state index contributed by atoms with van der Waals surface area (Å²) in [5.41, 5.74) is 3.50. The first-order valence-corrected chi connectivity index (χ1v) is 11.6. The zero-order valence-electron chi connectivity index (χ0n) is 15.4. The molecule has 0 spiro atoms. The van der Waals surface area contributed by atoms with Crippen LogP contribution in [0.25, 0.3) is 16.2 Å². The van der Waals surface area contributed by atoms with Crippen LogP contribution in [0.5, 0.6) is 0 Å². The van der Waals surface area contributed by atoms with Gasteiger partial charge in [0.2, 0.25) is 20.1 Å². The highest BCUT2D eigenvalue weighted by Gasteiger charge is 2.28. The van der Waals surface area contributed by atoms with Crippen LogP contribution >= 0.6 is 11.3 Å². The molecule has 0 saturated carbocycles. The molecule has 0 radical (unpaired) electrons. The first-order valence-electron chi connectivity index (χ1n) is 9.18. The zero-order chi connectivity index (χ0) is 19.8. The predicted molar refractivity (Wildman–Crippen MR) is 114 cm³/mol. The number of anilines is 2. The van der Waals surface area contributed by atoms with Crippen molar-refractivity contribution in [2.24, 2.45) is 0 Å². The fraction of sp³-hybridized carbons (Fsp3) is 0.211. The molecule has 5 rings (SSSR count). The van der Waals surface area contributed by atoms with Crippen molar-refractivity contribution >= 4 is 37.1 Å². The van der Waals surface area contributed by atoms with E-state index >= 15 is 0 Å². The number of fused-ring (bicyclic) bond motifs is 1. The molecule has 4 aromatic rings. The Kier molecular flexibility index (Phi) is 4.44. The van der Waals surface area contributed by atoms with Crippen LogP contribution in [0.4, 0.5) is 10.8 Å². The van der Waals surface area contributed by atoms with E-state index in [2.05, 4.69) is 20.4 Å². The molecule has 0 amide bonds. The highest BCUT2D eigenvalue weighted by atomic mass is 32.2. The van der Waals surface area contributed by atoms with Gasteiger partial charge in [-0.25, -0.2) is 17.9 Å². The minimum atomic E-state index is -3.17. The summed E-state index contributed by atoms with van der Waals surface area (Å²) >= 11 is 1.46. The Bertz CT molecular complexity index is 1230. The molecule has 1 aliphatic rings. The lowest BCUT2D eigenvalue weighted by Gasteiger charge is -2.17. The molecule has 4 heterocycles. The van der Waals surface area contributed by atoms with Crippen LogP contribution < -0.4 is 9.62 Å². The smallest absolute Gasteiger partial charge is 0.235 e. The first-order chi connectivity index (χ1) is 14.1. The van der Waals surface area contributed by atoms with Gasteiger partial charge < -0.3 is 5.32 Å². The molecule has 0 unspecified atom stereocenters. The van der Waals surface area contributed by atoms with Gasteiger partial charge >= 0.3 is 0 Å². The molecule has 8 nitrogen and oxygen atoms in total. The summed E-state index contributed by atoms with van der Waals surface area (Å²) in [6.45, 7) is 1.09. The van der Waals surface area contributed by atoms with Gasteiger partial charge in [-0.3, -0.25) is 9.29 Å².